The van der Waals surface area contributed by atoms with Crippen molar-refractivity contribution in [3.05, 3.63) is 47.3 Å². The number of hydrogen-bond acceptors (Lipinski definition) is 4. The summed E-state index contributed by atoms with van der Waals surface area (Å²) in [6.45, 7) is 0.665. The number of phenols is 3. The summed E-state index contributed by atoms with van der Waals surface area (Å²) in [5, 5.41) is 29.3. The Kier molecular flexibility index (Phi) is 4.98. The van der Waals surface area contributed by atoms with Gasteiger partial charge in [0.2, 0.25) is 0 Å². The van der Waals surface area contributed by atoms with Gasteiger partial charge in [-0.25, -0.2) is 0 Å². The molecule has 3 rings (SSSR count). The van der Waals surface area contributed by atoms with Gasteiger partial charge in [0.1, 0.15) is 5.75 Å². The van der Waals surface area contributed by atoms with Gasteiger partial charge in [0.05, 0.1) is 23.6 Å². The molecule has 4 nitrogen and oxygen atoms in total. The summed E-state index contributed by atoms with van der Waals surface area (Å²) in [6, 6.07) is 8.36. The van der Waals surface area contributed by atoms with Gasteiger partial charge in [-0.3, -0.25) is 0 Å². The SMILES string of the molecule is Oc1ccc(N2C[CH+]CCc3c2cc(O)c(O)c3Cl)cc1.[Br-]. The van der Waals surface area contributed by atoms with Crippen molar-refractivity contribution in [3.63, 3.8) is 0 Å². The van der Waals surface area contributed by atoms with Crippen molar-refractivity contribution in [1.29, 1.82) is 0 Å². The van der Waals surface area contributed by atoms with Crippen LogP contribution in [-0.4, -0.2) is 21.9 Å². The van der Waals surface area contributed by atoms with Gasteiger partial charge in [-0.15, -0.1) is 0 Å². The molecule has 1 aliphatic rings. The van der Waals surface area contributed by atoms with Crippen LogP contribution in [0.15, 0.2) is 30.3 Å². The zero-order valence-corrected chi connectivity index (χ0v) is 14.0. The minimum Gasteiger partial charge on any atom is -1.00 e. The number of anilines is 2. The molecule has 116 valence electrons. The first-order chi connectivity index (χ1) is 10.1. The molecule has 0 amide bonds. The molecular weight excluding hydrogens is 370 g/mol. The molecule has 0 fully saturated rings. The van der Waals surface area contributed by atoms with Crippen molar-refractivity contribution in [2.45, 2.75) is 12.8 Å². The average molecular weight is 385 g/mol. The first kappa shape index (κ1) is 16.6. The highest BCUT2D eigenvalue weighted by atomic mass is 79.9. The Morgan fingerprint density at radius 3 is 2.45 bits per heavy atom. The molecule has 0 saturated carbocycles. The van der Waals surface area contributed by atoms with Gasteiger partial charge in [-0.1, -0.05) is 11.6 Å². The van der Waals surface area contributed by atoms with Crippen LogP contribution in [-0.2, 0) is 6.42 Å². The summed E-state index contributed by atoms with van der Waals surface area (Å²) in [4.78, 5) is 1.99. The minimum absolute atomic E-state index is 0. The predicted molar refractivity (Wildman–Crippen MR) is 82.5 cm³/mol. The fraction of sp³-hybridized carbons (Fsp3) is 0.188. The first-order valence-electron chi connectivity index (χ1n) is 6.69. The van der Waals surface area contributed by atoms with Crippen LogP contribution in [0, 0.1) is 6.42 Å². The number of fused-ring (bicyclic) bond motifs is 1. The molecule has 0 saturated heterocycles. The fourth-order valence-corrected chi connectivity index (χ4v) is 2.86. The summed E-state index contributed by atoms with van der Waals surface area (Å²) in [6.07, 6.45) is 3.67. The van der Waals surface area contributed by atoms with E-state index in [4.69, 9.17) is 11.6 Å². The van der Waals surface area contributed by atoms with E-state index in [1.54, 1.807) is 24.3 Å². The van der Waals surface area contributed by atoms with Gasteiger partial charge in [0.15, 0.2) is 18.0 Å². The Morgan fingerprint density at radius 1 is 1.09 bits per heavy atom. The average Bonchev–Trinajstić information content (AvgIpc) is 2.68. The molecule has 0 bridgehead atoms. The van der Waals surface area contributed by atoms with E-state index in [0.29, 0.717) is 13.0 Å². The van der Waals surface area contributed by atoms with E-state index in [0.717, 1.165) is 23.4 Å². The molecule has 0 spiro atoms. The van der Waals surface area contributed by atoms with Crippen LogP contribution in [0.25, 0.3) is 0 Å². The van der Waals surface area contributed by atoms with Gasteiger partial charge in [-0.05, 0) is 24.3 Å². The number of hydrogen-bond donors (Lipinski definition) is 3. The summed E-state index contributed by atoms with van der Waals surface area (Å²) in [7, 11) is 0. The smallest absolute Gasteiger partial charge is 0.176 e. The van der Waals surface area contributed by atoms with E-state index in [1.807, 2.05) is 4.90 Å². The lowest BCUT2D eigenvalue weighted by Gasteiger charge is -2.23. The molecule has 1 heterocycles. The highest BCUT2D eigenvalue weighted by molar-refractivity contribution is 6.33. The van der Waals surface area contributed by atoms with E-state index in [2.05, 4.69) is 6.42 Å². The molecule has 0 aromatic heterocycles. The summed E-state index contributed by atoms with van der Waals surface area (Å²) in [5.74, 6) is -0.309. The molecule has 22 heavy (non-hydrogen) atoms. The monoisotopic (exact) mass is 383 g/mol. The zero-order valence-electron chi connectivity index (χ0n) is 11.6. The fourth-order valence-electron chi connectivity index (χ4n) is 2.57. The number of rotatable bonds is 1. The van der Waals surface area contributed by atoms with E-state index in [9.17, 15) is 15.3 Å². The number of benzene rings is 2. The normalized spacial score (nSPS) is 13.6. The summed E-state index contributed by atoms with van der Waals surface area (Å²) >= 11 is 6.18. The van der Waals surface area contributed by atoms with Gasteiger partial charge >= 0.3 is 0 Å². The van der Waals surface area contributed by atoms with E-state index in [-0.39, 0.29) is 39.3 Å². The minimum atomic E-state index is -0.275. The van der Waals surface area contributed by atoms with Crippen molar-refractivity contribution < 1.29 is 32.3 Å². The third-order valence-electron chi connectivity index (χ3n) is 3.66. The molecule has 6 heteroatoms. The van der Waals surface area contributed by atoms with Crippen LogP contribution in [0.1, 0.15) is 12.0 Å². The van der Waals surface area contributed by atoms with Crippen LogP contribution in [0.4, 0.5) is 11.4 Å². The third kappa shape index (κ3) is 2.91. The molecule has 2 aromatic rings. The summed E-state index contributed by atoms with van der Waals surface area (Å²) in [5.41, 5.74) is 2.47. The Balaban J connectivity index is 0.00000176. The third-order valence-corrected chi connectivity index (χ3v) is 4.07. The standard InChI is InChI=1S/C16H14ClNO3.BrH/c17-15-12-3-1-2-8-18(10-4-6-11(19)7-5-10)13(12)9-14(20)16(15)21;/h2,4-7,9H,1,3,8H2,(H2-,19,20,21);1H. The van der Waals surface area contributed by atoms with Crippen LogP contribution < -0.4 is 21.9 Å². The van der Waals surface area contributed by atoms with Crippen molar-refractivity contribution in [2.75, 3.05) is 11.4 Å². The molecule has 2 aromatic carbocycles. The molecule has 0 radical (unpaired) electrons. The van der Waals surface area contributed by atoms with Crippen LogP contribution in [0.5, 0.6) is 17.2 Å². The molecule has 0 unspecified atom stereocenters. The Bertz CT molecular complexity index is 676. The van der Waals surface area contributed by atoms with Crippen molar-refractivity contribution in [3.8, 4) is 17.2 Å². The molecule has 3 N–H and O–H groups in total. The van der Waals surface area contributed by atoms with E-state index < -0.39 is 0 Å². The highest BCUT2D eigenvalue weighted by Gasteiger charge is 2.26. The number of phenolic OH excluding ortho intramolecular Hbond substituents is 3. The van der Waals surface area contributed by atoms with Crippen molar-refractivity contribution >= 4 is 23.0 Å². The second-order valence-electron chi connectivity index (χ2n) is 5.01. The Morgan fingerprint density at radius 2 is 1.77 bits per heavy atom. The molecule has 0 atom stereocenters. The lowest BCUT2D eigenvalue weighted by atomic mass is 10.1. The molecule has 0 aliphatic carbocycles. The second kappa shape index (κ2) is 6.58. The first-order valence-corrected chi connectivity index (χ1v) is 7.07. The molecular formula is C16H15BrClNO3. The maximum absolute atomic E-state index is 9.85. The maximum Gasteiger partial charge on any atom is 0.176 e. The van der Waals surface area contributed by atoms with E-state index >= 15 is 0 Å². The van der Waals surface area contributed by atoms with Crippen LogP contribution >= 0.6 is 11.6 Å². The largest absolute Gasteiger partial charge is 1.00 e. The predicted octanol–water partition coefficient (Wildman–Crippen LogP) is 0.749. The number of halogens is 2. The number of aromatic hydroxyl groups is 3. The highest BCUT2D eigenvalue weighted by Crippen LogP contribution is 2.45. The van der Waals surface area contributed by atoms with Gasteiger partial charge < -0.3 is 37.2 Å². The Hall–Kier alpha value is -1.72. The molecule has 1 aliphatic heterocycles. The van der Waals surface area contributed by atoms with Crippen LogP contribution in [0.2, 0.25) is 5.02 Å². The number of nitrogens with zero attached hydrogens (tertiary/aromatic N) is 1. The van der Waals surface area contributed by atoms with Gasteiger partial charge in [0, 0.05) is 23.7 Å². The summed E-state index contributed by atoms with van der Waals surface area (Å²) < 4.78 is 0. The topological polar surface area (TPSA) is 63.9 Å². The maximum atomic E-state index is 9.85. The zero-order chi connectivity index (χ0) is 15.0. The quantitative estimate of drug-likeness (QED) is 0.501. The Labute approximate surface area is 144 Å². The van der Waals surface area contributed by atoms with Crippen LogP contribution in [0.3, 0.4) is 0 Å². The van der Waals surface area contributed by atoms with Gasteiger partial charge in [-0.2, -0.15) is 0 Å². The van der Waals surface area contributed by atoms with Crippen molar-refractivity contribution in [1.82, 2.24) is 0 Å². The van der Waals surface area contributed by atoms with Crippen molar-refractivity contribution in [2.24, 2.45) is 0 Å². The second-order valence-corrected chi connectivity index (χ2v) is 5.39. The van der Waals surface area contributed by atoms with Gasteiger partial charge in [0.25, 0.3) is 0 Å². The lowest BCUT2D eigenvalue weighted by Crippen LogP contribution is -3.00. The van der Waals surface area contributed by atoms with E-state index in [1.165, 1.54) is 6.07 Å². The lowest BCUT2D eigenvalue weighted by molar-refractivity contribution is -0.00000685.